The highest BCUT2D eigenvalue weighted by atomic mass is 32.2. The number of benzene rings is 2. The third-order valence-corrected chi connectivity index (χ3v) is 7.03. The molecule has 1 atom stereocenters. The summed E-state index contributed by atoms with van der Waals surface area (Å²) in [5, 5.41) is 0. The average Bonchev–Trinajstić information content (AvgIpc) is 3.20. The first kappa shape index (κ1) is 16.3. The van der Waals surface area contributed by atoms with Crippen molar-refractivity contribution in [3.05, 3.63) is 60.7 Å². The van der Waals surface area contributed by atoms with Gasteiger partial charge in [-0.2, -0.15) is 4.31 Å². The van der Waals surface area contributed by atoms with E-state index in [1.807, 2.05) is 30.3 Å². The van der Waals surface area contributed by atoms with Crippen LogP contribution in [0.1, 0.15) is 12.8 Å². The maximum Gasteiger partial charge on any atom is 0.243 e. The molecule has 130 valence electrons. The lowest BCUT2D eigenvalue weighted by molar-refractivity contribution is -0.117. The lowest BCUT2D eigenvalue weighted by Crippen LogP contribution is -2.34. The van der Waals surface area contributed by atoms with Gasteiger partial charge in [0.05, 0.1) is 4.90 Å². The topological polar surface area (TPSA) is 57.7 Å². The van der Waals surface area contributed by atoms with Crippen LogP contribution in [-0.2, 0) is 14.8 Å². The van der Waals surface area contributed by atoms with Gasteiger partial charge in [-0.3, -0.25) is 4.79 Å². The Bertz CT molecular complexity index is 883. The number of para-hydroxylation sites is 1. The Morgan fingerprint density at radius 3 is 2.20 bits per heavy atom. The molecule has 2 fully saturated rings. The second kappa shape index (κ2) is 5.97. The fourth-order valence-corrected chi connectivity index (χ4v) is 5.43. The van der Waals surface area contributed by atoms with Gasteiger partial charge < -0.3 is 4.90 Å². The van der Waals surface area contributed by atoms with Crippen LogP contribution < -0.4 is 4.90 Å². The summed E-state index contributed by atoms with van der Waals surface area (Å²) in [6.45, 7) is 1.45. The zero-order chi connectivity index (χ0) is 17.5. The molecule has 2 aromatic rings. The van der Waals surface area contributed by atoms with Crippen molar-refractivity contribution in [3.63, 3.8) is 0 Å². The summed E-state index contributed by atoms with van der Waals surface area (Å²) in [5.41, 5.74) is 0.600. The molecule has 2 saturated heterocycles. The molecule has 1 spiro atoms. The molecule has 0 radical (unpaired) electrons. The summed E-state index contributed by atoms with van der Waals surface area (Å²) in [6, 6.07) is 18.1. The predicted octanol–water partition coefficient (Wildman–Crippen LogP) is 2.50. The number of sulfonamides is 1. The van der Waals surface area contributed by atoms with Gasteiger partial charge in [-0.25, -0.2) is 8.42 Å². The van der Waals surface area contributed by atoms with Gasteiger partial charge >= 0.3 is 0 Å². The van der Waals surface area contributed by atoms with Gasteiger partial charge in [0, 0.05) is 37.2 Å². The molecule has 0 unspecified atom stereocenters. The SMILES string of the molecule is O=C1C[C@@]2(CCN(S(=O)(=O)c3ccccc3)C2)CN1c1ccccc1. The van der Waals surface area contributed by atoms with E-state index in [-0.39, 0.29) is 11.3 Å². The standard InChI is InChI=1S/C19H20N2O3S/c22-18-13-19(15-21(18)16-7-3-1-4-8-16)11-12-20(14-19)25(23,24)17-9-5-2-6-10-17/h1-10H,11-15H2/t19-/m1/s1. The molecule has 2 aromatic carbocycles. The third-order valence-electron chi connectivity index (χ3n) is 5.17. The van der Waals surface area contributed by atoms with Crippen LogP contribution in [0.15, 0.2) is 65.6 Å². The van der Waals surface area contributed by atoms with E-state index in [2.05, 4.69) is 0 Å². The van der Waals surface area contributed by atoms with Crippen LogP contribution in [0.4, 0.5) is 5.69 Å². The largest absolute Gasteiger partial charge is 0.312 e. The van der Waals surface area contributed by atoms with Crippen LogP contribution in [0.3, 0.4) is 0 Å². The quantitative estimate of drug-likeness (QED) is 0.849. The minimum Gasteiger partial charge on any atom is -0.312 e. The molecule has 5 nitrogen and oxygen atoms in total. The van der Waals surface area contributed by atoms with Crippen molar-refractivity contribution in [1.29, 1.82) is 0 Å². The molecule has 0 saturated carbocycles. The number of anilines is 1. The Hall–Kier alpha value is -2.18. The van der Waals surface area contributed by atoms with E-state index in [0.717, 1.165) is 5.69 Å². The van der Waals surface area contributed by atoms with Gasteiger partial charge in [0.1, 0.15) is 0 Å². The Labute approximate surface area is 147 Å². The lowest BCUT2D eigenvalue weighted by atomic mass is 9.86. The molecule has 2 heterocycles. The van der Waals surface area contributed by atoms with Gasteiger partial charge in [-0.15, -0.1) is 0 Å². The fourth-order valence-electron chi connectivity index (χ4n) is 3.85. The normalized spacial score (nSPS) is 24.3. The summed E-state index contributed by atoms with van der Waals surface area (Å²) in [6.07, 6.45) is 1.12. The Morgan fingerprint density at radius 2 is 1.52 bits per heavy atom. The highest BCUT2D eigenvalue weighted by Gasteiger charge is 2.50. The molecule has 1 amide bonds. The molecule has 4 rings (SSSR count). The minimum absolute atomic E-state index is 0.0742. The van der Waals surface area contributed by atoms with Crippen molar-refractivity contribution < 1.29 is 13.2 Å². The van der Waals surface area contributed by atoms with Crippen molar-refractivity contribution in [2.45, 2.75) is 17.7 Å². The fraction of sp³-hybridized carbons (Fsp3) is 0.316. The van der Waals surface area contributed by atoms with Gasteiger partial charge in [0.15, 0.2) is 0 Å². The summed E-state index contributed by atoms with van der Waals surface area (Å²) in [7, 11) is -3.50. The van der Waals surface area contributed by atoms with E-state index in [4.69, 9.17) is 0 Å². The van der Waals surface area contributed by atoms with Crippen LogP contribution in [0.25, 0.3) is 0 Å². The average molecular weight is 356 g/mol. The second-order valence-corrected chi connectivity index (χ2v) is 8.83. The van der Waals surface area contributed by atoms with Gasteiger partial charge in [-0.1, -0.05) is 36.4 Å². The number of carbonyl (C=O) groups is 1. The number of rotatable bonds is 3. The van der Waals surface area contributed by atoms with Crippen molar-refractivity contribution in [2.75, 3.05) is 24.5 Å². The molecule has 2 aliphatic heterocycles. The number of hydrogen-bond acceptors (Lipinski definition) is 3. The van der Waals surface area contributed by atoms with Crippen LogP contribution in [0, 0.1) is 5.41 Å². The molecule has 0 aliphatic carbocycles. The van der Waals surface area contributed by atoms with Crippen molar-refractivity contribution in [1.82, 2.24) is 4.31 Å². The minimum atomic E-state index is -3.50. The van der Waals surface area contributed by atoms with Crippen molar-refractivity contribution in [3.8, 4) is 0 Å². The van der Waals surface area contributed by atoms with Crippen LogP contribution in [0.5, 0.6) is 0 Å². The van der Waals surface area contributed by atoms with Gasteiger partial charge in [-0.05, 0) is 30.7 Å². The Kier molecular flexibility index (Phi) is 3.89. The number of nitrogens with zero attached hydrogens (tertiary/aromatic N) is 2. The Morgan fingerprint density at radius 1 is 0.880 bits per heavy atom. The zero-order valence-electron chi connectivity index (χ0n) is 13.8. The molecular formula is C19H20N2O3S. The number of amides is 1. The van der Waals surface area contributed by atoms with Crippen molar-refractivity contribution in [2.24, 2.45) is 5.41 Å². The summed E-state index contributed by atoms with van der Waals surface area (Å²) in [5.74, 6) is 0.0742. The van der Waals surface area contributed by atoms with E-state index >= 15 is 0 Å². The lowest BCUT2D eigenvalue weighted by Gasteiger charge is -2.24. The van der Waals surface area contributed by atoms with Crippen LogP contribution >= 0.6 is 0 Å². The summed E-state index contributed by atoms with van der Waals surface area (Å²) >= 11 is 0. The van der Waals surface area contributed by atoms with Gasteiger partial charge in [0.2, 0.25) is 15.9 Å². The molecular weight excluding hydrogens is 336 g/mol. The molecule has 25 heavy (non-hydrogen) atoms. The third kappa shape index (κ3) is 2.85. The molecule has 6 heteroatoms. The summed E-state index contributed by atoms with van der Waals surface area (Å²) in [4.78, 5) is 14.6. The summed E-state index contributed by atoms with van der Waals surface area (Å²) < 4.78 is 27.2. The van der Waals surface area contributed by atoms with Crippen LogP contribution in [0.2, 0.25) is 0 Å². The second-order valence-electron chi connectivity index (χ2n) is 6.89. The molecule has 2 aliphatic rings. The first-order valence-corrected chi connectivity index (χ1v) is 9.85. The van der Waals surface area contributed by atoms with E-state index < -0.39 is 10.0 Å². The predicted molar refractivity (Wildman–Crippen MR) is 95.7 cm³/mol. The first-order chi connectivity index (χ1) is 12.0. The molecule has 0 bridgehead atoms. The van der Waals surface area contributed by atoms with E-state index in [1.54, 1.807) is 35.2 Å². The first-order valence-electron chi connectivity index (χ1n) is 8.41. The monoisotopic (exact) mass is 356 g/mol. The van der Waals surface area contributed by atoms with Crippen molar-refractivity contribution >= 4 is 21.6 Å². The number of carbonyl (C=O) groups excluding carboxylic acids is 1. The molecule has 0 aromatic heterocycles. The maximum atomic E-state index is 12.8. The van der Waals surface area contributed by atoms with Crippen LogP contribution in [-0.4, -0.2) is 38.3 Å². The molecule has 0 N–H and O–H groups in total. The highest BCUT2D eigenvalue weighted by molar-refractivity contribution is 7.89. The van der Waals surface area contributed by atoms with Gasteiger partial charge in [0.25, 0.3) is 0 Å². The Balaban J connectivity index is 1.56. The zero-order valence-corrected chi connectivity index (χ0v) is 14.7. The van der Waals surface area contributed by atoms with E-state index in [0.29, 0.717) is 37.4 Å². The number of hydrogen-bond donors (Lipinski definition) is 0. The highest BCUT2D eigenvalue weighted by Crippen LogP contribution is 2.43. The maximum absolute atomic E-state index is 12.8. The van der Waals surface area contributed by atoms with E-state index in [9.17, 15) is 13.2 Å². The smallest absolute Gasteiger partial charge is 0.243 e. The van der Waals surface area contributed by atoms with E-state index in [1.165, 1.54) is 4.31 Å².